The number of nitrogens with one attached hydrogen (secondary N) is 1. The predicted octanol–water partition coefficient (Wildman–Crippen LogP) is 5.11. The molecule has 0 saturated carbocycles. The second-order valence-electron chi connectivity index (χ2n) is 6.73. The fourth-order valence-electron chi connectivity index (χ4n) is 2.89. The van der Waals surface area contributed by atoms with E-state index < -0.39 is 0 Å². The van der Waals surface area contributed by atoms with Gasteiger partial charge in [0, 0.05) is 29.6 Å². The number of nitrogens with zero attached hydrogens (tertiary/aromatic N) is 1. The molecule has 1 fully saturated rings. The van der Waals surface area contributed by atoms with Crippen LogP contribution in [0.25, 0.3) is 0 Å². The van der Waals surface area contributed by atoms with Crippen molar-refractivity contribution in [2.45, 2.75) is 23.5 Å². The first-order valence-corrected chi connectivity index (χ1v) is 10.6. The summed E-state index contributed by atoms with van der Waals surface area (Å²) in [5.74, 6) is 2.27. The number of hydrogen-bond acceptors (Lipinski definition) is 6. The van der Waals surface area contributed by atoms with Crippen LogP contribution in [0.4, 0.5) is 5.69 Å². The minimum absolute atomic E-state index is 0.614. The molecule has 0 amide bonds. The minimum Gasteiger partial charge on any atom is -0.483 e. The summed E-state index contributed by atoms with van der Waals surface area (Å²) in [6.07, 6.45) is 3.86. The smallest absolute Gasteiger partial charge is 0.185 e. The van der Waals surface area contributed by atoms with Crippen LogP contribution in [0.1, 0.15) is 18.4 Å². The molecule has 1 saturated heterocycles. The fourth-order valence-corrected chi connectivity index (χ4v) is 3.78. The van der Waals surface area contributed by atoms with Crippen LogP contribution in [0.5, 0.6) is 5.75 Å². The topological polar surface area (TPSA) is 43.0 Å². The summed E-state index contributed by atoms with van der Waals surface area (Å²) in [5.41, 5.74) is 6.56. The zero-order valence-corrected chi connectivity index (χ0v) is 17.8. The van der Waals surface area contributed by atoms with Gasteiger partial charge in [0.05, 0.1) is 20.3 Å². The highest BCUT2D eigenvalue weighted by atomic mass is 32.2. The molecule has 2 aromatic carbocycles. The Hall–Kier alpha value is -2.57. The Labute approximate surface area is 177 Å². The van der Waals surface area contributed by atoms with Gasteiger partial charge in [0.2, 0.25) is 0 Å². The largest absolute Gasteiger partial charge is 0.483 e. The highest BCUT2D eigenvalue weighted by molar-refractivity contribution is 7.98. The minimum atomic E-state index is 0.614. The van der Waals surface area contributed by atoms with Crippen molar-refractivity contribution in [2.24, 2.45) is 0 Å². The zero-order valence-electron chi connectivity index (χ0n) is 17.0. The van der Waals surface area contributed by atoms with Gasteiger partial charge in [0.15, 0.2) is 11.6 Å². The Bertz CT molecular complexity index is 846. The summed E-state index contributed by atoms with van der Waals surface area (Å²) < 4.78 is 10.6. The number of methoxy groups -OCH3 is 1. The third-order valence-electron chi connectivity index (χ3n) is 4.69. The maximum Gasteiger partial charge on any atom is 0.185 e. The lowest BCUT2D eigenvalue weighted by molar-refractivity contribution is 0.117. The number of hydroxylamine groups is 1. The van der Waals surface area contributed by atoms with Crippen LogP contribution in [0.3, 0.4) is 0 Å². The first-order chi connectivity index (χ1) is 14.2. The SMILES string of the molecule is C=C(OC)N(C)c1cccc(CSc2cccc(ONC=C3CCOCC3)c2)c1. The Morgan fingerprint density at radius 3 is 2.79 bits per heavy atom. The summed E-state index contributed by atoms with van der Waals surface area (Å²) >= 11 is 1.77. The van der Waals surface area contributed by atoms with Crippen LogP contribution in [-0.4, -0.2) is 27.4 Å². The molecule has 29 heavy (non-hydrogen) atoms. The monoisotopic (exact) mass is 412 g/mol. The van der Waals surface area contributed by atoms with Crippen LogP contribution >= 0.6 is 11.8 Å². The molecule has 1 N–H and O–H groups in total. The molecule has 3 rings (SSSR count). The Balaban J connectivity index is 1.54. The zero-order chi connectivity index (χ0) is 20.5. The highest BCUT2D eigenvalue weighted by Gasteiger charge is 2.07. The van der Waals surface area contributed by atoms with E-state index in [-0.39, 0.29) is 0 Å². The maximum absolute atomic E-state index is 5.68. The van der Waals surface area contributed by atoms with Crippen molar-refractivity contribution in [3.8, 4) is 5.75 Å². The van der Waals surface area contributed by atoms with Crippen molar-refractivity contribution in [3.05, 3.63) is 78.3 Å². The third kappa shape index (κ3) is 6.48. The number of rotatable bonds is 9. The average Bonchev–Trinajstić information content (AvgIpc) is 2.78. The normalized spacial score (nSPS) is 13.5. The van der Waals surface area contributed by atoms with Crippen molar-refractivity contribution < 1.29 is 14.3 Å². The third-order valence-corrected chi connectivity index (χ3v) is 5.76. The number of hydrogen-bond donors (Lipinski definition) is 1. The van der Waals surface area contributed by atoms with E-state index in [4.69, 9.17) is 14.3 Å². The summed E-state index contributed by atoms with van der Waals surface area (Å²) in [6, 6.07) is 16.5. The molecule has 1 aliphatic heterocycles. The standard InChI is InChI=1S/C23H28N2O3S/c1-18(26-3)25(2)21-7-4-6-20(14-21)17-29-23-9-5-8-22(15-23)28-24-16-19-10-12-27-13-11-19/h4-9,14-16,24H,1,10-13,17H2,2-3H3. The van der Waals surface area contributed by atoms with Crippen LogP contribution in [0.2, 0.25) is 0 Å². The average molecular weight is 413 g/mol. The van der Waals surface area contributed by atoms with Gasteiger partial charge in [-0.2, -0.15) is 0 Å². The summed E-state index contributed by atoms with van der Waals surface area (Å²) in [5, 5.41) is 0. The molecule has 0 aromatic heterocycles. The molecule has 0 bridgehead atoms. The molecule has 0 atom stereocenters. The van der Waals surface area contributed by atoms with E-state index in [1.54, 1.807) is 18.9 Å². The van der Waals surface area contributed by atoms with Gasteiger partial charge in [0.1, 0.15) is 0 Å². The van der Waals surface area contributed by atoms with E-state index in [0.717, 1.165) is 48.1 Å². The van der Waals surface area contributed by atoms with Gasteiger partial charge in [-0.3, -0.25) is 0 Å². The quantitative estimate of drug-likeness (QED) is 0.351. The van der Waals surface area contributed by atoms with Gasteiger partial charge in [-0.1, -0.05) is 18.2 Å². The second-order valence-corrected chi connectivity index (χ2v) is 7.77. The van der Waals surface area contributed by atoms with Crippen LogP contribution in [0.15, 0.2) is 77.7 Å². The molecule has 154 valence electrons. The van der Waals surface area contributed by atoms with E-state index in [1.807, 2.05) is 42.4 Å². The molecule has 5 nitrogen and oxygen atoms in total. The molecule has 0 unspecified atom stereocenters. The van der Waals surface area contributed by atoms with Crippen molar-refractivity contribution in [2.75, 3.05) is 32.3 Å². The Morgan fingerprint density at radius 2 is 2.00 bits per heavy atom. The number of benzene rings is 2. The predicted molar refractivity (Wildman–Crippen MR) is 119 cm³/mol. The van der Waals surface area contributed by atoms with E-state index in [9.17, 15) is 0 Å². The van der Waals surface area contributed by atoms with E-state index in [2.05, 4.69) is 36.3 Å². The van der Waals surface area contributed by atoms with Crippen LogP contribution in [-0.2, 0) is 15.2 Å². The molecule has 2 aromatic rings. The second kappa shape index (κ2) is 10.8. The van der Waals surface area contributed by atoms with E-state index in [0.29, 0.717) is 5.88 Å². The van der Waals surface area contributed by atoms with Crippen molar-refractivity contribution in [1.82, 2.24) is 5.48 Å². The van der Waals surface area contributed by atoms with Gasteiger partial charge in [-0.25, -0.2) is 5.48 Å². The molecule has 1 heterocycles. The van der Waals surface area contributed by atoms with Gasteiger partial charge in [-0.05, 0) is 60.9 Å². The maximum atomic E-state index is 5.68. The molecule has 0 radical (unpaired) electrons. The van der Waals surface area contributed by atoms with E-state index >= 15 is 0 Å². The number of ether oxygens (including phenoxy) is 2. The first kappa shape index (κ1) is 21.1. The van der Waals surface area contributed by atoms with Gasteiger partial charge < -0.3 is 19.2 Å². The highest BCUT2D eigenvalue weighted by Crippen LogP contribution is 2.28. The van der Waals surface area contributed by atoms with Gasteiger partial charge >= 0.3 is 0 Å². The molecular weight excluding hydrogens is 384 g/mol. The lowest BCUT2D eigenvalue weighted by Crippen LogP contribution is -2.16. The molecule has 1 aliphatic rings. The van der Waals surface area contributed by atoms with Crippen molar-refractivity contribution in [3.63, 3.8) is 0 Å². The lowest BCUT2D eigenvalue weighted by atomic mass is 10.1. The summed E-state index contributed by atoms with van der Waals surface area (Å²) in [4.78, 5) is 8.77. The molecule has 6 heteroatoms. The van der Waals surface area contributed by atoms with Gasteiger partial charge in [-0.15, -0.1) is 11.8 Å². The number of anilines is 1. The van der Waals surface area contributed by atoms with E-state index in [1.165, 1.54) is 11.1 Å². The summed E-state index contributed by atoms with van der Waals surface area (Å²) in [7, 11) is 3.57. The lowest BCUT2D eigenvalue weighted by Gasteiger charge is -2.20. The first-order valence-electron chi connectivity index (χ1n) is 9.62. The fraction of sp³-hybridized carbons (Fsp3) is 0.304. The molecule has 0 spiro atoms. The van der Waals surface area contributed by atoms with Gasteiger partial charge in [0.25, 0.3) is 0 Å². The molecule has 0 aliphatic carbocycles. The Morgan fingerprint density at radius 1 is 1.21 bits per heavy atom. The van der Waals surface area contributed by atoms with Crippen LogP contribution in [0, 0.1) is 0 Å². The van der Waals surface area contributed by atoms with Crippen molar-refractivity contribution >= 4 is 17.4 Å². The summed E-state index contributed by atoms with van der Waals surface area (Å²) in [6.45, 7) is 5.48. The number of thioether (sulfide) groups is 1. The van der Waals surface area contributed by atoms with Crippen molar-refractivity contribution in [1.29, 1.82) is 0 Å². The Kier molecular flexibility index (Phi) is 7.90. The molecular formula is C23H28N2O3S. The van der Waals surface area contributed by atoms with Crippen LogP contribution < -0.4 is 15.2 Å².